The maximum absolute atomic E-state index is 12.4. The number of hydrogen-bond acceptors (Lipinski definition) is 3. The molecule has 5 nitrogen and oxygen atoms in total. The molecule has 0 aliphatic heterocycles. The number of rotatable bonds is 4. The number of nitrogens with one attached hydrogen (secondary N) is 1. The minimum atomic E-state index is -0.501. The van der Waals surface area contributed by atoms with Crippen molar-refractivity contribution in [1.29, 1.82) is 0 Å². The number of carbonyl (C=O) groups excluding carboxylic acids is 2. The second-order valence-corrected chi connectivity index (χ2v) is 5.88. The molecular weight excluding hydrogens is 268 g/mol. The van der Waals surface area contributed by atoms with Crippen LogP contribution in [0, 0.1) is 0 Å². The number of aliphatic hydroxyl groups is 1. The van der Waals surface area contributed by atoms with E-state index in [0.29, 0.717) is 11.1 Å². The van der Waals surface area contributed by atoms with Crippen LogP contribution in [0.15, 0.2) is 24.3 Å². The van der Waals surface area contributed by atoms with Crippen LogP contribution in [0.4, 0.5) is 0 Å². The van der Waals surface area contributed by atoms with Crippen LogP contribution in [0.5, 0.6) is 0 Å². The van der Waals surface area contributed by atoms with Gasteiger partial charge in [0.05, 0.1) is 12.1 Å². The lowest BCUT2D eigenvalue weighted by Gasteiger charge is -2.28. The van der Waals surface area contributed by atoms with Crippen molar-refractivity contribution < 1.29 is 14.7 Å². The van der Waals surface area contributed by atoms with E-state index in [-0.39, 0.29) is 18.4 Å². The van der Waals surface area contributed by atoms with Gasteiger partial charge >= 0.3 is 0 Å². The molecule has 0 atom stereocenters. The molecule has 0 radical (unpaired) electrons. The van der Waals surface area contributed by atoms with Crippen molar-refractivity contribution in [3.05, 3.63) is 35.4 Å². The van der Waals surface area contributed by atoms with Crippen LogP contribution in [0.1, 0.15) is 46.4 Å². The minimum absolute atomic E-state index is 0.0466. The molecule has 5 heteroatoms. The van der Waals surface area contributed by atoms with Gasteiger partial charge in [-0.05, 0) is 31.0 Å². The van der Waals surface area contributed by atoms with E-state index in [2.05, 4.69) is 5.32 Å². The Morgan fingerprint density at radius 2 is 1.86 bits per heavy atom. The quantitative estimate of drug-likeness (QED) is 0.881. The van der Waals surface area contributed by atoms with E-state index in [1.54, 1.807) is 38.4 Å². The smallest absolute Gasteiger partial charge is 0.253 e. The van der Waals surface area contributed by atoms with E-state index in [4.69, 9.17) is 0 Å². The molecule has 0 heterocycles. The van der Waals surface area contributed by atoms with Crippen molar-refractivity contribution in [3.8, 4) is 0 Å². The molecule has 1 saturated carbocycles. The summed E-state index contributed by atoms with van der Waals surface area (Å²) in [5.41, 5.74) is 0.429. The van der Waals surface area contributed by atoms with E-state index in [9.17, 15) is 14.7 Å². The summed E-state index contributed by atoms with van der Waals surface area (Å²) >= 11 is 0. The van der Waals surface area contributed by atoms with E-state index < -0.39 is 5.54 Å². The van der Waals surface area contributed by atoms with Crippen molar-refractivity contribution in [2.45, 2.75) is 31.2 Å². The second kappa shape index (κ2) is 6.26. The topological polar surface area (TPSA) is 69.6 Å². The number of aliphatic hydroxyl groups excluding tert-OH is 1. The van der Waals surface area contributed by atoms with E-state index in [0.717, 1.165) is 25.7 Å². The fourth-order valence-corrected chi connectivity index (χ4v) is 2.74. The molecule has 0 unspecified atom stereocenters. The molecule has 2 rings (SSSR count). The fraction of sp³-hybridized carbons (Fsp3) is 0.500. The molecule has 2 N–H and O–H groups in total. The van der Waals surface area contributed by atoms with Gasteiger partial charge in [0.2, 0.25) is 0 Å². The fourth-order valence-electron chi connectivity index (χ4n) is 2.74. The zero-order valence-electron chi connectivity index (χ0n) is 12.6. The van der Waals surface area contributed by atoms with Crippen LogP contribution < -0.4 is 5.32 Å². The van der Waals surface area contributed by atoms with E-state index in [1.165, 1.54) is 4.90 Å². The molecule has 1 aliphatic rings. The highest BCUT2D eigenvalue weighted by atomic mass is 16.3. The number of hydrogen-bond donors (Lipinski definition) is 2. The van der Waals surface area contributed by atoms with Gasteiger partial charge in [-0.2, -0.15) is 0 Å². The number of amides is 2. The summed E-state index contributed by atoms with van der Waals surface area (Å²) in [6.07, 6.45) is 3.62. The molecule has 114 valence electrons. The second-order valence-electron chi connectivity index (χ2n) is 5.88. The highest BCUT2D eigenvalue weighted by Crippen LogP contribution is 2.29. The molecular formula is C16H22N2O3. The normalized spacial score (nSPS) is 16.5. The Morgan fingerprint density at radius 3 is 2.43 bits per heavy atom. The standard InChI is InChI=1S/C16H22N2O3/c1-18(2)15(21)13-7-5-6-12(10-13)14(20)17-16(11-19)8-3-4-9-16/h5-7,10,19H,3-4,8-9,11H2,1-2H3,(H,17,20). The van der Waals surface area contributed by atoms with E-state index in [1.807, 2.05) is 0 Å². The van der Waals surface area contributed by atoms with Crippen molar-refractivity contribution in [2.75, 3.05) is 20.7 Å². The molecule has 21 heavy (non-hydrogen) atoms. The highest BCUT2D eigenvalue weighted by Gasteiger charge is 2.34. The molecule has 1 fully saturated rings. The van der Waals surface area contributed by atoms with Gasteiger partial charge in [-0.15, -0.1) is 0 Å². The molecule has 0 bridgehead atoms. The summed E-state index contributed by atoms with van der Waals surface area (Å²) in [5.74, 6) is -0.373. The Hall–Kier alpha value is -1.88. The summed E-state index contributed by atoms with van der Waals surface area (Å²) in [5, 5.41) is 12.5. The molecule has 1 aliphatic carbocycles. The molecule has 0 saturated heterocycles. The average Bonchev–Trinajstić information content (AvgIpc) is 2.95. The van der Waals surface area contributed by atoms with Gasteiger partial charge in [0, 0.05) is 25.2 Å². The predicted octanol–water partition coefficient (Wildman–Crippen LogP) is 1.42. The van der Waals surface area contributed by atoms with Gasteiger partial charge in [-0.1, -0.05) is 18.9 Å². The van der Waals surface area contributed by atoms with Gasteiger partial charge in [-0.25, -0.2) is 0 Å². The molecule has 0 spiro atoms. The van der Waals surface area contributed by atoms with Crippen molar-refractivity contribution in [2.24, 2.45) is 0 Å². The lowest BCUT2D eigenvalue weighted by Crippen LogP contribution is -2.49. The van der Waals surface area contributed by atoms with Gasteiger partial charge in [0.1, 0.15) is 0 Å². The molecule has 0 aromatic heterocycles. The lowest BCUT2D eigenvalue weighted by molar-refractivity contribution is 0.0827. The van der Waals surface area contributed by atoms with Crippen LogP contribution in [-0.2, 0) is 0 Å². The Morgan fingerprint density at radius 1 is 1.24 bits per heavy atom. The third-order valence-electron chi connectivity index (χ3n) is 4.02. The summed E-state index contributed by atoms with van der Waals surface area (Å²) in [6, 6.07) is 6.67. The Bertz CT molecular complexity index is 534. The van der Waals surface area contributed by atoms with Crippen molar-refractivity contribution in [1.82, 2.24) is 10.2 Å². The van der Waals surface area contributed by atoms with Gasteiger partial charge in [-0.3, -0.25) is 9.59 Å². The Labute approximate surface area is 125 Å². The van der Waals surface area contributed by atoms with Crippen molar-refractivity contribution in [3.63, 3.8) is 0 Å². The van der Waals surface area contributed by atoms with Crippen molar-refractivity contribution >= 4 is 11.8 Å². The number of carbonyl (C=O) groups is 2. The third-order valence-corrected chi connectivity index (χ3v) is 4.02. The SMILES string of the molecule is CN(C)C(=O)c1cccc(C(=O)NC2(CO)CCCC2)c1. The average molecular weight is 290 g/mol. The van der Waals surface area contributed by atoms with Crippen LogP contribution >= 0.6 is 0 Å². The first-order valence-electron chi connectivity index (χ1n) is 7.22. The zero-order chi connectivity index (χ0) is 15.5. The lowest BCUT2D eigenvalue weighted by atomic mass is 9.98. The molecule has 1 aromatic carbocycles. The van der Waals surface area contributed by atoms with Crippen LogP contribution in [0.2, 0.25) is 0 Å². The summed E-state index contributed by atoms with van der Waals surface area (Å²) < 4.78 is 0. The van der Waals surface area contributed by atoms with Gasteiger partial charge in [0.15, 0.2) is 0 Å². The Balaban J connectivity index is 2.16. The maximum Gasteiger partial charge on any atom is 0.253 e. The molecule has 2 amide bonds. The van der Waals surface area contributed by atoms with E-state index >= 15 is 0 Å². The summed E-state index contributed by atoms with van der Waals surface area (Å²) in [7, 11) is 3.35. The van der Waals surface area contributed by atoms with Crippen LogP contribution in [0.3, 0.4) is 0 Å². The minimum Gasteiger partial charge on any atom is -0.394 e. The maximum atomic E-state index is 12.4. The monoisotopic (exact) mass is 290 g/mol. The van der Waals surface area contributed by atoms with Crippen LogP contribution in [0.25, 0.3) is 0 Å². The predicted molar refractivity (Wildman–Crippen MR) is 80.2 cm³/mol. The largest absolute Gasteiger partial charge is 0.394 e. The van der Waals surface area contributed by atoms with Crippen LogP contribution in [-0.4, -0.2) is 48.1 Å². The highest BCUT2D eigenvalue weighted by molar-refractivity contribution is 5.99. The first-order chi connectivity index (χ1) is 9.97. The van der Waals surface area contributed by atoms with Gasteiger partial charge < -0.3 is 15.3 Å². The number of nitrogens with zero attached hydrogens (tertiary/aromatic N) is 1. The third kappa shape index (κ3) is 3.42. The van der Waals surface area contributed by atoms with Gasteiger partial charge in [0.25, 0.3) is 11.8 Å². The summed E-state index contributed by atoms with van der Waals surface area (Å²) in [6.45, 7) is -0.0466. The number of benzene rings is 1. The molecule has 1 aromatic rings. The first kappa shape index (κ1) is 15.5. The first-order valence-corrected chi connectivity index (χ1v) is 7.22. The summed E-state index contributed by atoms with van der Waals surface area (Å²) in [4.78, 5) is 25.8. The zero-order valence-corrected chi connectivity index (χ0v) is 12.6. The Kier molecular flexibility index (Phi) is 4.63.